The summed E-state index contributed by atoms with van der Waals surface area (Å²) in [6, 6.07) is 0. The van der Waals surface area contributed by atoms with E-state index in [1.54, 1.807) is 10.9 Å². The quantitative estimate of drug-likeness (QED) is 0.791. The van der Waals surface area contributed by atoms with Crippen LogP contribution in [0.3, 0.4) is 0 Å². The van der Waals surface area contributed by atoms with E-state index in [2.05, 4.69) is 20.3 Å². The number of hydrogen-bond acceptors (Lipinski definition) is 5. The van der Waals surface area contributed by atoms with Crippen molar-refractivity contribution in [1.29, 1.82) is 0 Å². The van der Waals surface area contributed by atoms with Crippen molar-refractivity contribution in [3.05, 3.63) is 16.7 Å². The maximum atomic E-state index is 12.5. The number of aromatic nitrogens is 4. The van der Waals surface area contributed by atoms with Gasteiger partial charge in [0.2, 0.25) is 5.95 Å². The van der Waals surface area contributed by atoms with Crippen LogP contribution in [0.25, 0.3) is 11.2 Å². The van der Waals surface area contributed by atoms with Crippen LogP contribution in [0.2, 0.25) is 0 Å². The molecule has 8 heteroatoms. The van der Waals surface area contributed by atoms with Crippen molar-refractivity contribution < 1.29 is 9.53 Å². The highest BCUT2D eigenvalue weighted by atomic mass is 16.5. The number of anilines is 1. The van der Waals surface area contributed by atoms with Gasteiger partial charge < -0.3 is 9.30 Å². The number of aryl methyl sites for hydroxylation is 1. The number of hydrogen-bond donors (Lipinski definition) is 2. The lowest BCUT2D eigenvalue weighted by molar-refractivity contribution is 0.0958. The first-order valence-corrected chi connectivity index (χ1v) is 11.5. The topological polar surface area (TPSA) is 102 Å². The zero-order chi connectivity index (χ0) is 20.7. The number of amides is 1. The van der Waals surface area contributed by atoms with Crippen LogP contribution in [0, 0.1) is 29.6 Å². The van der Waals surface area contributed by atoms with Gasteiger partial charge in [0.1, 0.15) is 0 Å². The second-order valence-corrected chi connectivity index (χ2v) is 9.23. The fourth-order valence-corrected chi connectivity index (χ4v) is 6.62. The fourth-order valence-electron chi connectivity index (χ4n) is 6.62. The van der Waals surface area contributed by atoms with E-state index in [1.165, 1.54) is 51.4 Å². The van der Waals surface area contributed by atoms with Gasteiger partial charge in [-0.25, -0.2) is 9.78 Å². The standard InChI is InChI=1S/C22H31N5O3/c1-2-27-12-23-18-19(27)24-21(25-20(18)28)26-22(29)30-11-17-15-9-5-3-7-13(15)14-8-4-6-10-16(14)17/h12-17H,2-11H2,1H3,(H2,24,25,26,28,29). The van der Waals surface area contributed by atoms with Gasteiger partial charge in [0.15, 0.2) is 11.2 Å². The van der Waals surface area contributed by atoms with Gasteiger partial charge in [0.25, 0.3) is 5.56 Å². The molecule has 0 saturated heterocycles. The Hall–Kier alpha value is -2.38. The SMILES string of the molecule is CCn1cnc2c(=O)[nH]c(NC(=O)OCC3C4CCCCC4C4CCCCC43)nc21. The normalized spacial score (nSPS) is 30.6. The number of H-pyrrole nitrogens is 1. The van der Waals surface area contributed by atoms with Crippen molar-refractivity contribution in [3.63, 3.8) is 0 Å². The third-order valence-electron chi connectivity index (χ3n) is 7.84. The molecule has 8 nitrogen and oxygen atoms in total. The van der Waals surface area contributed by atoms with Crippen molar-refractivity contribution in [2.45, 2.75) is 64.8 Å². The lowest BCUT2D eigenvalue weighted by Crippen LogP contribution is -2.28. The predicted octanol–water partition coefficient (Wildman–Crippen LogP) is 3.93. The minimum absolute atomic E-state index is 0.102. The molecular formula is C22H31N5O3. The first kappa shape index (κ1) is 19.6. The lowest BCUT2D eigenvalue weighted by atomic mass is 9.73. The smallest absolute Gasteiger partial charge is 0.413 e. The summed E-state index contributed by atoms with van der Waals surface area (Å²) in [6.45, 7) is 3.06. The summed E-state index contributed by atoms with van der Waals surface area (Å²) in [5, 5.41) is 2.62. The van der Waals surface area contributed by atoms with Gasteiger partial charge in [-0.2, -0.15) is 4.98 Å². The van der Waals surface area contributed by atoms with E-state index >= 15 is 0 Å². The zero-order valence-corrected chi connectivity index (χ0v) is 17.6. The molecule has 0 bridgehead atoms. The van der Waals surface area contributed by atoms with Crippen LogP contribution in [-0.2, 0) is 11.3 Å². The Morgan fingerprint density at radius 2 is 1.77 bits per heavy atom. The summed E-state index contributed by atoms with van der Waals surface area (Å²) in [7, 11) is 0. The lowest BCUT2D eigenvalue weighted by Gasteiger charge is -2.32. The van der Waals surface area contributed by atoms with Crippen LogP contribution in [0.5, 0.6) is 0 Å². The molecule has 1 amide bonds. The van der Waals surface area contributed by atoms with Gasteiger partial charge in [0.05, 0.1) is 12.9 Å². The minimum atomic E-state index is -0.549. The molecular weight excluding hydrogens is 382 g/mol. The maximum absolute atomic E-state index is 12.5. The molecule has 3 fully saturated rings. The summed E-state index contributed by atoms with van der Waals surface area (Å²) in [5.41, 5.74) is 0.365. The molecule has 3 aliphatic carbocycles. The Morgan fingerprint density at radius 3 is 2.40 bits per heavy atom. The van der Waals surface area contributed by atoms with Gasteiger partial charge in [-0.3, -0.25) is 15.1 Å². The highest BCUT2D eigenvalue weighted by Crippen LogP contribution is 2.57. The third kappa shape index (κ3) is 3.40. The summed E-state index contributed by atoms with van der Waals surface area (Å²) in [5.74, 6) is 3.64. The van der Waals surface area contributed by atoms with Crippen LogP contribution in [0.15, 0.2) is 11.1 Å². The van der Waals surface area contributed by atoms with Crippen molar-refractivity contribution in [2.75, 3.05) is 11.9 Å². The number of carbonyl (C=O) groups excluding carboxylic acids is 1. The first-order valence-electron chi connectivity index (χ1n) is 11.5. The Kier molecular flexibility index (Phi) is 5.25. The van der Waals surface area contributed by atoms with Crippen LogP contribution < -0.4 is 10.9 Å². The van der Waals surface area contributed by atoms with Gasteiger partial charge in [0, 0.05) is 6.54 Å². The molecule has 4 atom stereocenters. The molecule has 2 N–H and O–H groups in total. The van der Waals surface area contributed by atoms with E-state index < -0.39 is 6.09 Å². The van der Waals surface area contributed by atoms with Crippen molar-refractivity contribution in [1.82, 2.24) is 19.5 Å². The number of nitrogens with zero attached hydrogens (tertiary/aromatic N) is 3. The van der Waals surface area contributed by atoms with Crippen molar-refractivity contribution >= 4 is 23.2 Å². The summed E-state index contributed by atoms with van der Waals surface area (Å²) in [6.07, 6.45) is 11.6. The Labute approximate surface area is 175 Å². The van der Waals surface area contributed by atoms with Gasteiger partial charge >= 0.3 is 6.09 Å². The van der Waals surface area contributed by atoms with E-state index in [9.17, 15) is 9.59 Å². The molecule has 3 aliphatic rings. The molecule has 162 valence electrons. The van der Waals surface area contributed by atoms with Crippen LogP contribution in [-0.4, -0.2) is 32.2 Å². The van der Waals surface area contributed by atoms with Gasteiger partial charge in [-0.1, -0.05) is 25.7 Å². The second kappa shape index (κ2) is 8.04. The van der Waals surface area contributed by atoms with Crippen LogP contribution in [0.4, 0.5) is 10.7 Å². The van der Waals surface area contributed by atoms with E-state index in [0.29, 0.717) is 36.6 Å². The minimum Gasteiger partial charge on any atom is -0.449 e. The highest BCUT2D eigenvalue weighted by molar-refractivity contribution is 5.83. The van der Waals surface area contributed by atoms with Crippen molar-refractivity contribution in [3.8, 4) is 0 Å². The molecule has 5 rings (SSSR count). The molecule has 30 heavy (non-hydrogen) atoms. The second-order valence-electron chi connectivity index (χ2n) is 9.23. The van der Waals surface area contributed by atoms with Crippen LogP contribution in [0.1, 0.15) is 58.3 Å². The fraction of sp³-hybridized carbons (Fsp3) is 0.727. The molecule has 2 aromatic heterocycles. The Balaban J connectivity index is 1.27. The van der Waals surface area contributed by atoms with Crippen molar-refractivity contribution in [2.24, 2.45) is 29.6 Å². The molecule has 0 spiro atoms. The summed E-state index contributed by atoms with van der Waals surface area (Å²) >= 11 is 0. The zero-order valence-electron chi connectivity index (χ0n) is 17.6. The molecule has 2 heterocycles. The highest BCUT2D eigenvalue weighted by Gasteiger charge is 2.51. The molecule has 4 unspecified atom stereocenters. The average molecular weight is 414 g/mol. The third-order valence-corrected chi connectivity index (χ3v) is 7.84. The molecule has 3 saturated carbocycles. The van der Waals surface area contributed by atoms with E-state index in [4.69, 9.17) is 4.74 Å². The number of carbonyl (C=O) groups is 1. The van der Waals surface area contributed by atoms with E-state index in [0.717, 1.165) is 11.8 Å². The predicted molar refractivity (Wildman–Crippen MR) is 113 cm³/mol. The molecule has 2 aromatic rings. The maximum Gasteiger partial charge on any atom is 0.413 e. The number of fused-ring (bicyclic) bond motifs is 4. The Morgan fingerprint density at radius 1 is 1.13 bits per heavy atom. The number of ether oxygens (including phenoxy) is 1. The number of rotatable bonds is 4. The monoisotopic (exact) mass is 413 g/mol. The first-order chi connectivity index (χ1) is 14.7. The number of nitrogens with one attached hydrogen (secondary N) is 2. The summed E-state index contributed by atoms with van der Waals surface area (Å²) in [4.78, 5) is 35.8. The summed E-state index contributed by atoms with van der Waals surface area (Å²) < 4.78 is 7.45. The van der Waals surface area contributed by atoms with Crippen LogP contribution >= 0.6 is 0 Å². The largest absolute Gasteiger partial charge is 0.449 e. The molecule has 0 radical (unpaired) electrons. The molecule has 0 aliphatic heterocycles. The van der Waals surface area contributed by atoms with Gasteiger partial charge in [-0.05, 0) is 62.2 Å². The average Bonchev–Trinajstić information content (AvgIpc) is 3.31. The number of aromatic amines is 1. The van der Waals surface area contributed by atoms with E-state index in [1.807, 2.05) is 6.92 Å². The Bertz CT molecular complexity index is 961. The van der Waals surface area contributed by atoms with Gasteiger partial charge in [-0.15, -0.1) is 0 Å². The molecule has 0 aromatic carbocycles. The number of imidazole rings is 1. The van der Waals surface area contributed by atoms with E-state index in [-0.39, 0.29) is 17.0 Å².